The lowest BCUT2D eigenvalue weighted by Gasteiger charge is -2.05. The number of nitrogens with zero attached hydrogens (tertiary/aromatic N) is 1. The molecule has 1 aromatic heterocycles. The van der Waals surface area contributed by atoms with Crippen LogP contribution in [0.3, 0.4) is 0 Å². The predicted molar refractivity (Wildman–Crippen MR) is 48.6 cm³/mol. The molecule has 0 radical (unpaired) electrons. The average Bonchev–Trinajstić information content (AvgIpc) is 2.52. The van der Waals surface area contributed by atoms with Crippen LogP contribution in [0.1, 0.15) is 23.9 Å². The largest absolute Gasteiger partial charge is 0.348 e. The number of H-pyrrole nitrogens is 1. The molecule has 1 rings (SSSR count). The zero-order valence-electron chi connectivity index (χ0n) is 6.33. The van der Waals surface area contributed by atoms with Gasteiger partial charge in [0.05, 0.1) is 5.25 Å². The number of aromatic amines is 1. The predicted octanol–water partition coefficient (Wildman–Crippen LogP) is 1.12. The van der Waals surface area contributed by atoms with Crippen LogP contribution in [0.5, 0.6) is 0 Å². The number of thiol groups is 1. The van der Waals surface area contributed by atoms with Gasteiger partial charge in [0.25, 0.3) is 0 Å². The van der Waals surface area contributed by atoms with Crippen LogP contribution < -0.4 is 5.73 Å². The fourth-order valence-corrected chi connectivity index (χ4v) is 1.23. The molecule has 1 heterocycles. The number of aromatic nitrogens is 2. The first kappa shape index (κ1) is 8.62. The van der Waals surface area contributed by atoms with Gasteiger partial charge < -0.3 is 10.7 Å². The topological polar surface area (TPSA) is 54.7 Å². The van der Waals surface area contributed by atoms with E-state index in [1.807, 2.05) is 0 Å². The van der Waals surface area contributed by atoms with Gasteiger partial charge in [-0.3, -0.25) is 0 Å². The molecule has 0 saturated carbocycles. The van der Waals surface area contributed by atoms with Gasteiger partial charge in [-0.1, -0.05) is 0 Å². The van der Waals surface area contributed by atoms with Crippen LogP contribution in [0.25, 0.3) is 0 Å². The van der Waals surface area contributed by atoms with E-state index in [9.17, 15) is 0 Å². The third kappa shape index (κ3) is 2.55. The molecule has 0 bridgehead atoms. The quantitative estimate of drug-likeness (QED) is 0.595. The van der Waals surface area contributed by atoms with E-state index in [0.29, 0.717) is 0 Å². The van der Waals surface area contributed by atoms with E-state index >= 15 is 0 Å². The molecule has 1 aromatic rings. The van der Waals surface area contributed by atoms with E-state index in [0.717, 1.165) is 25.2 Å². The molecule has 0 aliphatic heterocycles. The third-order valence-corrected chi connectivity index (χ3v) is 2.02. The average molecular weight is 171 g/mol. The Labute approximate surface area is 71.8 Å². The summed E-state index contributed by atoms with van der Waals surface area (Å²) in [5.74, 6) is 0.932. The first-order valence-electron chi connectivity index (χ1n) is 3.72. The Kier molecular flexibility index (Phi) is 3.45. The second-order valence-electron chi connectivity index (χ2n) is 2.42. The van der Waals surface area contributed by atoms with Crippen LogP contribution in [0, 0.1) is 0 Å². The monoisotopic (exact) mass is 171 g/mol. The van der Waals surface area contributed by atoms with Crippen LogP contribution in [0.4, 0.5) is 0 Å². The molecular weight excluding hydrogens is 158 g/mol. The summed E-state index contributed by atoms with van der Waals surface area (Å²) < 4.78 is 0. The summed E-state index contributed by atoms with van der Waals surface area (Å²) in [4.78, 5) is 7.11. The molecule has 4 heteroatoms. The Bertz CT molecular complexity index is 186. The van der Waals surface area contributed by atoms with E-state index in [1.165, 1.54) is 0 Å². The molecule has 0 aliphatic carbocycles. The fraction of sp³-hybridized carbons (Fsp3) is 0.571. The highest BCUT2D eigenvalue weighted by Gasteiger charge is 2.06. The van der Waals surface area contributed by atoms with Gasteiger partial charge in [-0.25, -0.2) is 4.98 Å². The van der Waals surface area contributed by atoms with Crippen molar-refractivity contribution in [2.75, 3.05) is 6.54 Å². The molecule has 0 saturated heterocycles. The minimum Gasteiger partial charge on any atom is -0.348 e. The van der Waals surface area contributed by atoms with Crippen LogP contribution in [0.15, 0.2) is 12.4 Å². The molecule has 0 aliphatic rings. The van der Waals surface area contributed by atoms with Crippen molar-refractivity contribution in [3.63, 3.8) is 0 Å². The highest BCUT2D eigenvalue weighted by Crippen LogP contribution is 2.20. The summed E-state index contributed by atoms with van der Waals surface area (Å²) in [6.45, 7) is 0.720. The second-order valence-corrected chi connectivity index (χ2v) is 3.04. The first-order chi connectivity index (χ1) is 5.34. The van der Waals surface area contributed by atoms with E-state index < -0.39 is 0 Å². The van der Waals surface area contributed by atoms with Gasteiger partial charge in [0.15, 0.2) is 0 Å². The molecule has 0 amide bonds. The molecule has 1 unspecified atom stereocenters. The first-order valence-corrected chi connectivity index (χ1v) is 4.23. The maximum Gasteiger partial charge on any atom is 0.118 e. The van der Waals surface area contributed by atoms with Crippen molar-refractivity contribution in [2.24, 2.45) is 5.73 Å². The fourth-order valence-electron chi connectivity index (χ4n) is 0.908. The Morgan fingerprint density at radius 1 is 1.73 bits per heavy atom. The standard InChI is InChI=1S/C7H13N3S/c8-3-1-2-6(11)7-9-4-5-10-7/h4-6,11H,1-3,8H2,(H,9,10). The lowest BCUT2D eigenvalue weighted by molar-refractivity contribution is 0.712. The highest BCUT2D eigenvalue weighted by molar-refractivity contribution is 7.80. The van der Waals surface area contributed by atoms with Crippen molar-refractivity contribution in [3.8, 4) is 0 Å². The molecule has 0 spiro atoms. The minimum atomic E-state index is 0.202. The van der Waals surface area contributed by atoms with Crippen molar-refractivity contribution in [1.29, 1.82) is 0 Å². The molecule has 3 nitrogen and oxygen atoms in total. The number of hydrogen-bond donors (Lipinski definition) is 3. The van der Waals surface area contributed by atoms with Crippen molar-refractivity contribution >= 4 is 12.6 Å². The number of nitrogens with two attached hydrogens (primary N) is 1. The minimum absolute atomic E-state index is 0.202. The van der Waals surface area contributed by atoms with Crippen molar-refractivity contribution in [3.05, 3.63) is 18.2 Å². The van der Waals surface area contributed by atoms with E-state index in [1.54, 1.807) is 12.4 Å². The van der Waals surface area contributed by atoms with Crippen molar-refractivity contribution < 1.29 is 0 Å². The Morgan fingerprint density at radius 2 is 2.55 bits per heavy atom. The van der Waals surface area contributed by atoms with Crippen molar-refractivity contribution in [1.82, 2.24) is 9.97 Å². The lowest BCUT2D eigenvalue weighted by atomic mass is 10.2. The maximum absolute atomic E-state index is 5.37. The van der Waals surface area contributed by atoms with E-state index in [4.69, 9.17) is 5.73 Å². The summed E-state index contributed by atoms with van der Waals surface area (Å²) in [6, 6.07) is 0. The Balaban J connectivity index is 2.36. The maximum atomic E-state index is 5.37. The Morgan fingerprint density at radius 3 is 3.09 bits per heavy atom. The normalized spacial score (nSPS) is 13.3. The van der Waals surface area contributed by atoms with Gasteiger partial charge in [-0.05, 0) is 19.4 Å². The van der Waals surface area contributed by atoms with Gasteiger partial charge in [0, 0.05) is 12.4 Å². The Hall–Kier alpha value is -0.480. The van der Waals surface area contributed by atoms with E-state index in [2.05, 4.69) is 22.6 Å². The summed E-state index contributed by atoms with van der Waals surface area (Å²) >= 11 is 4.37. The van der Waals surface area contributed by atoms with E-state index in [-0.39, 0.29) is 5.25 Å². The second kappa shape index (κ2) is 4.41. The van der Waals surface area contributed by atoms with Gasteiger partial charge in [0.1, 0.15) is 5.82 Å². The number of imidazole rings is 1. The van der Waals surface area contributed by atoms with Gasteiger partial charge in [0.2, 0.25) is 0 Å². The number of nitrogens with one attached hydrogen (secondary N) is 1. The number of hydrogen-bond acceptors (Lipinski definition) is 3. The summed E-state index contributed by atoms with van der Waals surface area (Å²) in [5.41, 5.74) is 5.37. The molecular formula is C7H13N3S. The van der Waals surface area contributed by atoms with Crippen LogP contribution >= 0.6 is 12.6 Å². The summed E-state index contributed by atoms with van der Waals surface area (Å²) in [6.07, 6.45) is 5.52. The van der Waals surface area contributed by atoms with Gasteiger partial charge in [-0.15, -0.1) is 0 Å². The van der Waals surface area contributed by atoms with Crippen LogP contribution in [-0.4, -0.2) is 16.5 Å². The van der Waals surface area contributed by atoms with Crippen LogP contribution in [0.2, 0.25) is 0 Å². The SMILES string of the molecule is NCCCC(S)c1ncc[nH]1. The molecule has 0 fully saturated rings. The molecule has 0 aromatic carbocycles. The van der Waals surface area contributed by atoms with Crippen molar-refractivity contribution in [2.45, 2.75) is 18.1 Å². The van der Waals surface area contributed by atoms with Crippen LogP contribution in [-0.2, 0) is 0 Å². The molecule has 62 valence electrons. The van der Waals surface area contributed by atoms with Gasteiger partial charge >= 0.3 is 0 Å². The molecule has 11 heavy (non-hydrogen) atoms. The third-order valence-electron chi connectivity index (χ3n) is 1.52. The molecule has 1 atom stereocenters. The smallest absolute Gasteiger partial charge is 0.118 e. The number of rotatable bonds is 4. The highest BCUT2D eigenvalue weighted by atomic mass is 32.1. The summed E-state index contributed by atoms with van der Waals surface area (Å²) in [7, 11) is 0. The molecule has 3 N–H and O–H groups in total. The zero-order chi connectivity index (χ0) is 8.10. The zero-order valence-corrected chi connectivity index (χ0v) is 7.22. The lowest BCUT2D eigenvalue weighted by Crippen LogP contribution is -2.01. The summed E-state index contributed by atoms with van der Waals surface area (Å²) in [5, 5.41) is 0.202. The van der Waals surface area contributed by atoms with Gasteiger partial charge in [-0.2, -0.15) is 12.6 Å².